The van der Waals surface area contributed by atoms with Crippen LogP contribution in [0.2, 0.25) is 5.02 Å². The lowest BCUT2D eigenvalue weighted by Gasteiger charge is -2.19. The van der Waals surface area contributed by atoms with Crippen LogP contribution in [0, 0.1) is 0 Å². The average Bonchev–Trinajstić information content (AvgIpc) is 2.49. The molecule has 1 heterocycles. The SMILES string of the molecule is NCC(NCCCCO)c1ccc(Cl)c2cccnc12. The number of aromatic nitrogens is 1. The number of nitrogens with two attached hydrogens (primary N) is 1. The molecule has 20 heavy (non-hydrogen) atoms. The number of pyridine rings is 1. The van der Waals surface area contributed by atoms with E-state index in [0.29, 0.717) is 11.6 Å². The van der Waals surface area contributed by atoms with Gasteiger partial charge in [0.05, 0.1) is 5.52 Å². The van der Waals surface area contributed by atoms with E-state index in [1.54, 1.807) is 6.20 Å². The summed E-state index contributed by atoms with van der Waals surface area (Å²) < 4.78 is 0. The summed E-state index contributed by atoms with van der Waals surface area (Å²) in [5.74, 6) is 0. The molecule has 4 nitrogen and oxygen atoms in total. The predicted molar refractivity (Wildman–Crippen MR) is 82.9 cm³/mol. The zero-order valence-corrected chi connectivity index (χ0v) is 12.1. The molecule has 2 rings (SSSR count). The third kappa shape index (κ3) is 3.46. The van der Waals surface area contributed by atoms with Gasteiger partial charge in [0.2, 0.25) is 0 Å². The van der Waals surface area contributed by atoms with E-state index in [0.717, 1.165) is 35.9 Å². The maximum atomic E-state index is 8.80. The molecule has 0 spiro atoms. The Morgan fingerprint density at radius 2 is 2.15 bits per heavy atom. The first-order valence-corrected chi connectivity index (χ1v) is 7.23. The van der Waals surface area contributed by atoms with Crippen molar-refractivity contribution in [2.75, 3.05) is 19.7 Å². The van der Waals surface area contributed by atoms with Crippen LogP contribution in [0.1, 0.15) is 24.4 Å². The number of benzene rings is 1. The fourth-order valence-electron chi connectivity index (χ4n) is 2.27. The van der Waals surface area contributed by atoms with E-state index in [1.807, 2.05) is 24.3 Å². The Labute approximate surface area is 124 Å². The van der Waals surface area contributed by atoms with Crippen LogP contribution in [-0.4, -0.2) is 29.8 Å². The summed E-state index contributed by atoms with van der Waals surface area (Å²) in [5.41, 5.74) is 7.84. The van der Waals surface area contributed by atoms with Gasteiger partial charge in [-0.25, -0.2) is 0 Å². The van der Waals surface area contributed by atoms with Crippen LogP contribution >= 0.6 is 11.6 Å². The van der Waals surface area contributed by atoms with Gasteiger partial charge in [0.1, 0.15) is 0 Å². The van der Waals surface area contributed by atoms with Crippen molar-refractivity contribution in [3.8, 4) is 0 Å². The second kappa shape index (κ2) is 7.55. The van der Waals surface area contributed by atoms with Crippen molar-refractivity contribution in [1.29, 1.82) is 0 Å². The number of fused-ring (bicyclic) bond motifs is 1. The van der Waals surface area contributed by atoms with Crippen LogP contribution in [0.3, 0.4) is 0 Å². The van der Waals surface area contributed by atoms with Crippen LogP contribution in [0.25, 0.3) is 10.9 Å². The molecule has 0 aliphatic carbocycles. The van der Waals surface area contributed by atoms with Crippen molar-refractivity contribution >= 4 is 22.5 Å². The summed E-state index contributed by atoms with van der Waals surface area (Å²) in [6, 6.07) is 7.76. The summed E-state index contributed by atoms with van der Waals surface area (Å²) in [6.07, 6.45) is 3.48. The third-order valence-corrected chi connectivity index (χ3v) is 3.66. The Morgan fingerprint density at radius 1 is 1.30 bits per heavy atom. The van der Waals surface area contributed by atoms with Crippen LogP contribution in [-0.2, 0) is 0 Å². The minimum atomic E-state index is 0.0448. The lowest BCUT2D eigenvalue weighted by molar-refractivity contribution is 0.282. The van der Waals surface area contributed by atoms with Crippen molar-refractivity contribution in [2.45, 2.75) is 18.9 Å². The molecule has 1 aromatic heterocycles. The second-order valence-electron chi connectivity index (χ2n) is 4.71. The van der Waals surface area contributed by atoms with Crippen LogP contribution < -0.4 is 11.1 Å². The highest BCUT2D eigenvalue weighted by atomic mass is 35.5. The van der Waals surface area contributed by atoms with Gasteiger partial charge in [-0.1, -0.05) is 17.7 Å². The molecule has 0 saturated heterocycles. The summed E-state index contributed by atoms with van der Waals surface area (Å²) in [5, 5.41) is 13.9. The highest BCUT2D eigenvalue weighted by molar-refractivity contribution is 6.35. The Hall–Kier alpha value is -1.20. The van der Waals surface area contributed by atoms with E-state index in [4.69, 9.17) is 22.4 Å². The molecule has 2 aromatic rings. The largest absolute Gasteiger partial charge is 0.396 e. The molecule has 0 bridgehead atoms. The topological polar surface area (TPSA) is 71.2 Å². The highest BCUT2D eigenvalue weighted by Gasteiger charge is 2.14. The number of nitrogens with one attached hydrogen (secondary N) is 1. The summed E-state index contributed by atoms with van der Waals surface area (Å²) in [7, 11) is 0. The number of hydrogen-bond acceptors (Lipinski definition) is 4. The van der Waals surface area contributed by atoms with E-state index >= 15 is 0 Å². The second-order valence-corrected chi connectivity index (χ2v) is 5.12. The molecule has 0 aliphatic rings. The number of unbranched alkanes of at least 4 members (excludes halogenated alkanes) is 1. The normalized spacial score (nSPS) is 12.8. The zero-order valence-electron chi connectivity index (χ0n) is 11.3. The number of rotatable bonds is 7. The molecule has 5 heteroatoms. The van der Waals surface area contributed by atoms with E-state index in [9.17, 15) is 0 Å². The Kier molecular flexibility index (Phi) is 5.73. The smallest absolute Gasteiger partial charge is 0.0765 e. The summed E-state index contributed by atoms with van der Waals surface area (Å²) in [4.78, 5) is 4.44. The van der Waals surface area contributed by atoms with Gasteiger partial charge in [-0.3, -0.25) is 4.98 Å². The molecule has 0 radical (unpaired) electrons. The van der Waals surface area contributed by atoms with Crippen LogP contribution in [0.15, 0.2) is 30.5 Å². The van der Waals surface area contributed by atoms with Crippen LogP contribution in [0.4, 0.5) is 0 Å². The number of hydrogen-bond donors (Lipinski definition) is 3. The highest BCUT2D eigenvalue weighted by Crippen LogP contribution is 2.28. The van der Waals surface area contributed by atoms with Gasteiger partial charge in [-0.15, -0.1) is 0 Å². The maximum absolute atomic E-state index is 8.80. The molecule has 108 valence electrons. The molecular formula is C15H20ClN3O. The molecule has 0 fully saturated rings. The molecule has 1 unspecified atom stereocenters. The summed E-state index contributed by atoms with van der Waals surface area (Å²) in [6.45, 7) is 1.53. The Balaban J connectivity index is 2.23. The van der Waals surface area contributed by atoms with Gasteiger partial charge in [0.25, 0.3) is 0 Å². The van der Waals surface area contributed by atoms with Crippen molar-refractivity contribution in [2.24, 2.45) is 5.73 Å². The molecule has 4 N–H and O–H groups in total. The number of nitrogens with zero attached hydrogens (tertiary/aromatic N) is 1. The van der Waals surface area contributed by atoms with Crippen molar-refractivity contribution in [1.82, 2.24) is 10.3 Å². The number of aliphatic hydroxyl groups is 1. The first-order valence-electron chi connectivity index (χ1n) is 6.85. The Bertz CT molecular complexity index is 562. The fourth-order valence-corrected chi connectivity index (χ4v) is 2.49. The zero-order chi connectivity index (χ0) is 14.4. The minimum absolute atomic E-state index is 0.0448. The minimum Gasteiger partial charge on any atom is -0.396 e. The van der Waals surface area contributed by atoms with Gasteiger partial charge >= 0.3 is 0 Å². The molecule has 0 aliphatic heterocycles. The lowest BCUT2D eigenvalue weighted by Crippen LogP contribution is -2.29. The van der Waals surface area contributed by atoms with Gasteiger partial charge < -0.3 is 16.2 Å². The fraction of sp³-hybridized carbons (Fsp3) is 0.400. The van der Waals surface area contributed by atoms with Gasteiger partial charge in [0, 0.05) is 35.8 Å². The predicted octanol–water partition coefficient (Wildman–Crippen LogP) is 2.25. The van der Waals surface area contributed by atoms with E-state index < -0.39 is 0 Å². The first kappa shape index (κ1) is 15.2. The monoisotopic (exact) mass is 293 g/mol. The standard InChI is InChI=1S/C15H20ClN3O/c16-13-6-5-12(15-11(13)4-3-8-19-15)14(10-17)18-7-1-2-9-20/h3-6,8,14,18,20H,1-2,7,9-10,17H2. The van der Waals surface area contributed by atoms with Crippen LogP contribution in [0.5, 0.6) is 0 Å². The number of halogens is 1. The summed E-state index contributed by atoms with van der Waals surface area (Å²) >= 11 is 6.20. The quantitative estimate of drug-likeness (QED) is 0.685. The maximum Gasteiger partial charge on any atom is 0.0765 e. The average molecular weight is 294 g/mol. The number of aliphatic hydroxyl groups excluding tert-OH is 1. The molecule has 1 aromatic carbocycles. The molecule has 0 saturated carbocycles. The van der Waals surface area contributed by atoms with Crippen molar-refractivity contribution in [3.05, 3.63) is 41.0 Å². The van der Waals surface area contributed by atoms with E-state index in [-0.39, 0.29) is 12.6 Å². The van der Waals surface area contributed by atoms with E-state index in [1.165, 1.54) is 0 Å². The van der Waals surface area contributed by atoms with Crippen molar-refractivity contribution < 1.29 is 5.11 Å². The van der Waals surface area contributed by atoms with Crippen molar-refractivity contribution in [3.63, 3.8) is 0 Å². The van der Waals surface area contributed by atoms with Gasteiger partial charge in [0.15, 0.2) is 0 Å². The third-order valence-electron chi connectivity index (χ3n) is 3.33. The Morgan fingerprint density at radius 3 is 2.90 bits per heavy atom. The molecule has 0 amide bonds. The van der Waals surface area contributed by atoms with E-state index in [2.05, 4.69) is 10.3 Å². The molecule has 1 atom stereocenters. The van der Waals surface area contributed by atoms with Gasteiger partial charge in [-0.05, 0) is 43.1 Å². The first-order chi connectivity index (χ1) is 9.77. The molecular weight excluding hydrogens is 274 g/mol. The van der Waals surface area contributed by atoms with Gasteiger partial charge in [-0.2, -0.15) is 0 Å². The lowest BCUT2D eigenvalue weighted by atomic mass is 10.0.